The Labute approximate surface area is 315 Å². The lowest BCUT2D eigenvalue weighted by Crippen LogP contribution is -1.96. The molecule has 0 bridgehead atoms. The van der Waals surface area contributed by atoms with E-state index < -0.39 is 18.1 Å². The van der Waals surface area contributed by atoms with E-state index in [1.807, 2.05) is 48.5 Å². The first kappa shape index (κ1) is 25.8. The van der Waals surface area contributed by atoms with Gasteiger partial charge >= 0.3 is 0 Å². The van der Waals surface area contributed by atoms with E-state index >= 15 is 0 Å². The number of aromatic nitrogens is 3. The second kappa shape index (κ2) is 12.9. The number of para-hydroxylation sites is 2. The van der Waals surface area contributed by atoms with Crippen LogP contribution in [-0.2, 0) is 0 Å². The quantitative estimate of drug-likeness (QED) is 0.175. The normalized spacial score (nSPS) is 12.7. The van der Waals surface area contributed by atoms with Crippen molar-refractivity contribution in [1.82, 2.24) is 14.5 Å². The van der Waals surface area contributed by atoms with Gasteiger partial charge in [-0.1, -0.05) is 170 Å². The minimum absolute atomic E-state index is 0.0363. The van der Waals surface area contributed by atoms with E-state index in [1.54, 1.807) is 6.07 Å². The van der Waals surface area contributed by atoms with Crippen LogP contribution < -0.4 is 0 Å². The molecule has 0 unspecified atom stereocenters. The molecule has 10 aromatic rings. The molecule has 3 nitrogen and oxygen atoms in total. The molecule has 2 aromatic heterocycles. The van der Waals surface area contributed by atoms with Gasteiger partial charge in [-0.25, -0.2) is 9.97 Å². The third kappa shape index (κ3) is 5.47. The predicted octanol–water partition coefficient (Wildman–Crippen LogP) is 13.1. The zero-order chi connectivity index (χ0) is 39.5. The first-order valence-corrected chi connectivity index (χ1v) is 17.6. The van der Waals surface area contributed by atoms with Crippen molar-refractivity contribution < 1.29 is 6.85 Å². The highest BCUT2D eigenvalue weighted by Gasteiger charge is 2.15. The Hall–Kier alpha value is -7.10. The summed E-state index contributed by atoms with van der Waals surface area (Å²) in [5, 5.41) is 4.48. The smallest absolute Gasteiger partial charge is 0.160 e. The van der Waals surface area contributed by atoms with Gasteiger partial charge in [0.25, 0.3) is 0 Å². The number of nitrogens with zero attached hydrogens (tertiary/aromatic N) is 3. The van der Waals surface area contributed by atoms with Crippen molar-refractivity contribution in [2.45, 2.75) is 0 Å². The van der Waals surface area contributed by atoms with Gasteiger partial charge in [-0.15, -0.1) is 0 Å². The highest BCUT2D eigenvalue weighted by Crippen LogP contribution is 2.38. The fraction of sp³-hybridized carbons (Fsp3) is 0. The summed E-state index contributed by atoms with van der Waals surface area (Å²) in [5.74, 6) is 0.395. The van der Waals surface area contributed by atoms with Gasteiger partial charge in [-0.2, -0.15) is 0 Å². The monoisotopic (exact) mass is 680 g/mol. The second-order valence-corrected chi connectivity index (χ2v) is 13.0. The fourth-order valence-corrected chi connectivity index (χ4v) is 7.43. The zero-order valence-corrected chi connectivity index (χ0v) is 28.5. The summed E-state index contributed by atoms with van der Waals surface area (Å²) in [6, 6.07) is 56.1. The summed E-state index contributed by atoms with van der Waals surface area (Å²) >= 11 is 0. The molecule has 0 spiro atoms. The van der Waals surface area contributed by atoms with E-state index in [9.17, 15) is 0 Å². The Morgan fingerprint density at radius 2 is 0.887 bits per heavy atom. The molecule has 53 heavy (non-hydrogen) atoms. The SMILES string of the molecule is [2H]c1c([2H])c([2H])c(-c2cc(-c3ccc(-c4ccc(-c5ccc(-n6c7ccccc7c7ccccc76)cc5)cc4)c4ccccc34)nc(-c3ccccc3)n2)c([2H])c1[2H]. The third-order valence-corrected chi connectivity index (χ3v) is 9.95. The summed E-state index contributed by atoms with van der Waals surface area (Å²) in [6.45, 7) is 0. The second-order valence-electron chi connectivity index (χ2n) is 13.0. The lowest BCUT2D eigenvalue weighted by Gasteiger charge is -2.14. The van der Waals surface area contributed by atoms with E-state index in [0.717, 1.165) is 49.8 Å². The molecule has 0 saturated heterocycles. The summed E-state index contributed by atoms with van der Waals surface area (Å²) in [5.41, 5.74) is 10.3. The van der Waals surface area contributed by atoms with Crippen molar-refractivity contribution in [3.05, 3.63) is 200 Å². The Morgan fingerprint density at radius 3 is 1.55 bits per heavy atom. The number of hydrogen-bond acceptors (Lipinski definition) is 2. The summed E-state index contributed by atoms with van der Waals surface area (Å²) in [6.07, 6.45) is 0. The number of fused-ring (bicyclic) bond motifs is 4. The molecule has 2 heterocycles. The fourth-order valence-electron chi connectivity index (χ4n) is 7.43. The van der Waals surface area contributed by atoms with Crippen molar-refractivity contribution in [3.8, 4) is 61.8 Å². The topological polar surface area (TPSA) is 30.7 Å². The number of benzene rings is 8. The van der Waals surface area contributed by atoms with Gasteiger partial charge in [-0.3, -0.25) is 0 Å². The minimum atomic E-state index is -0.445. The van der Waals surface area contributed by atoms with Gasteiger partial charge in [0.05, 0.1) is 29.3 Å². The molecule has 0 aliphatic rings. The van der Waals surface area contributed by atoms with Crippen LogP contribution in [-0.4, -0.2) is 14.5 Å². The molecule has 8 aromatic carbocycles. The molecular weight excluding hydrogens is 643 g/mol. The molecule has 10 rings (SSSR count). The van der Waals surface area contributed by atoms with E-state index in [0.29, 0.717) is 11.5 Å². The van der Waals surface area contributed by atoms with E-state index in [-0.39, 0.29) is 23.3 Å². The summed E-state index contributed by atoms with van der Waals surface area (Å²) in [7, 11) is 0. The maximum Gasteiger partial charge on any atom is 0.160 e. The van der Waals surface area contributed by atoms with Gasteiger partial charge in [-0.05, 0) is 63.4 Å². The maximum absolute atomic E-state index is 8.71. The van der Waals surface area contributed by atoms with Crippen LogP contribution in [0.2, 0.25) is 0 Å². The molecule has 0 fully saturated rings. The van der Waals surface area contributed by atoms with Gasteiger partial charge in [0.1, 0.15) is 0 Å². The Bertz CT molecular complexity index is 3130. The van der Waals surface area contributed by atoms with Crippen LogP contribution in [0.15, 0.2) is 200 Å². The number of rotatable bonds is 6. The van der Waals surface area contributed by atoms with E-state index in [1.165, 1.54) is 21.8 Å². The van der Waals surface area contributed by atoms with Crippen molar-refractivity contribution in [3.63, 3.8) is 0 Å². The molecule has 0 N–H and O–H groups in total. The first-order valence-electron chi connectivity index (χ1n) is 20.1. The van der Waals surface area contributed by atoms with Crippen LogP contribution >= 0.6 is 0 Å². The van der Waals surface area contributed by atoms with Gasteiger partial charge in [0.15, 0.2) is 5.82 Å². The molecule has 0 amide bonds. The Balaban J connectivity index is 1.03. The summed E-state index contributed by atoms with van der Waals surface area (Å²) in [4.78, 5) is 9.78. The Kier molecular flexibility index (Phi) is 6.28. The van der Waals surface area contributed by atoms with Gasteiger partial charge in [0.2, 0.25) is 0 Å². The van der Waals surface area contributed by atoms with Gasteiger partial charge in [0, 0.05) is 33.2 Å². The molecule has 0 saturated carbocycles. The average Bonchev–Trinajstić information content (AvgIpc) is 3.62. The van der Waals surface area contributed by atoms with Crippen molar-refractivity contribution in [2.24, 2.45) is 0 Å². The molecule has 0 atom stereocenters. The van der Waals surface area contributed by atoms with Crippen molar-refractivity contribution in [2.75, 3.05) is 0 Å². The maximum atomic E-state index is 8.71. The van der Waals surface area contributed by atoms with Crippen LogP contribution in [0, 0.1) is 0 Å². The van der Waals surface area contributed by atoms with Crippen molar-refractivity contribution >= 4 is 32.6 Å². The highest BCUT2D eigenvalue weighted by atomic mass is 15.0. The van der Waals surface area contributed by atoms with Crippen LogP contribution in [0.25, 0.3) is 94.4 Å². The largest absolute Gasteiger partial charge is 0.309 e. The lowest BCUT2D eigenvalue weighted by atomic mass is 9.92. The number of hydrogen-bond donors (Lipinski definition) is 0. The molecule has 248 valence electrons. The predicted molar refractivity (Wildman–Crippen MR) is 221 cm³/mol. The van der Waals surface area contributed by atoms with Crippen LogP contribution in [0.1, 0.15) is 6.85 Å². The highest BCUT2D eigenvalue weighted by molar-refractivity contribution is 6.09. The average molecular weight is 681 g/mol. The van der Waals surface area contributed by atoms with Crippen molar-refractivity contribution in [1.29, 1.82) is 0 Å². The molecule has 0 aliphatic heterocycles. The van der Waals surface area contributed by atoms with Crippen LogP contribution in [0.3, 0.4) is 0 Å². The summed E-state index contributed by atoms with van der Waals surface area (Å²) < 4.78 is 44.5. The molecule has 3 heteroatoms. The Morgan fingerprint density at radius 1 is 0.377 bits per heavy atom. The molecular formula is C50H33N3. The molecule has 0 radical (unpaired) electrons. The van der Waals surface area contributed by atoms with E-state index in [4.69, 9.17) is 16.8 Å². The first-order chi connectivity index (χ1) is 28.4. The van der Waals surface area contributed by atoms with Crippen LogP contribution in [0.5, 0.6) is 0 Å². The molecule has 0 aliphatic carbocycles. The van der Waals surface area contributed by atoms with Crippen LogP contribution in [0.4, 0.5) is 0 Å². The zero-order valence-electron chi connectivity index (χ0n) is 33.5. The lowest BCUT2D eigenvalue weighted by molar-refractivity contribution is 1.18. The standard InChI is InChI=1S/C50H33N3/c1-3-13-37(14-4-1)46-33-47(52-50(51-46)38-15-5-2-6-16-38)43-32-31-40(41-17-7-8-18-42(41)43)36-25-23-34(24-26-36)35-27-29-39(30-28-35)53-48-21-11-9-19-44(48)45-20-10-12-22-49(45)53/h1-33H/i1D,3D,4D,13D,14D. The van der Waals surface area contributed by atoms with Gasteiger partial charge < -0.3 is 4.57 Å². The third-order valence-electron chi connectivity index (χ3n) is 9.95. The van der Waals surface area contributed by atoms with E-state index in [2.05, 4.69) is 120 Å². The minimum Gasteiger partial charge on any atom is -0.309 e.